The summed E-state index contributed by atoms with van der Waals surface area (Å²) in [5, 5.41) is 14.8. The highest BCUT2D eigenvalue weighted by Gasteiger charge is 2.09. The van der Waals surface area contributed by atoms with Gasteiger partial charge in [-0.15, -0.1) is 10.2 Å². The molecule has 146 valence electrons. The third kappa shape index (κ3) is 4.88. The third-order valence-corrected chi connectivity index (χ3v) is 4.46. The zero-order valence-electron chi connectivity index (χ0n) is 16.7. The highest BCUT2D eigenvalue weighted by Crippen LogP contribution is 2.26. The molecule has 0 aliphatic heterocycles. The van der Waals surface area contributed by atoms with Crippen molar-refractivity contribution in [1.29, 1.82) is 0 Å². The number of ether oxygens (including phenoxy) is 1. The van der Waals surface area contributed by atoms with Crippen LogP contribution >= 0.6 is 0 Å². The quantitative estimate of drug-likeness (QED) is 0.509. The van der Waals surface area contributed by atoms with E-state index in [0.29, 0.717) is 19.0 Å². The Labute approximate surface area is 165 Å². The number of benzene rings is 2. The van der Waals surface area contributed by atoms with Crippen molar-refractivity contribution < 1.29 is 4.74 Å². The molecule has 3 aromatic rings. The number of aryl methyl sites for hydroxylation is 2. The number of aliphatic imine (C=N–C) groups is 1. The largest absolute Gasteiger partial charge is 0.457 e. The zero-order chi connectivity index (χ0) is 19.9. The predicted octanol–water partition coefficient (Wildman–Crippen LogP) is 3.09. The molecule has 0 fully saturated rings. The minimum absolute atomic E-state index is 0.540. The van der Waals surface area contributed by atoms with Crippen LogP contribution in [0, 0.1) is 13.8 Å². The molecule has 0 radical (unpaired) electrons. The van der Waals surface area contributed by atoms with Crippen LogP contribution in [0.3, 0.4) is 0 Å². The molecule has 7 nitrogen and oxygen atoms in total. The van der Waals surface area contributed by atoms with Crippen molar-refractivity contribution in [2.45, 2.75) is 26.9 Å². The van der Waals surface area contributed by atoms with Gasteiger partial charge in [-0.1, -0.05) is 30.3 Å². The Morgan fingerprint density at radius 2 is 1.79 bits per heavy atom. The lowest BCUT2D eigenvalue weighted by Gasteiger charge is -2.15. The molecule has 7 heteroatoms. The lowest BCUT2D eigenvalue weighted by molar-refractivity contribution is 0.474. The van der Waals surface area contributed by atoms with Gasteiger partial charge in [0.25, 0.3) is 0 Å². The van der Waals surface area contributed by atoms with E-state index in [4.69, 9.17) is 4.74 Å². The number of hydrogen-bond donors (Lipinski definition) is 2. The van der Waals surface area contributed by atoms with E-state index in [0.717, 1.165) is 34.3 Å². The monoisotopic (exact) mass is 378 g/mol. The van der Waals surface area contributed by atoms with Crippen LogP contribution in [-0.2, 0) is 20.1 Å². The van der Waals surface area contributed by atoms with Gasteiger partial charge in [-0.05, 0) is 37.6 Å². The van der Waals surface area contributed by atoms with E-state index < -0.39 is 0 Å². The molecule has 0 amide bonds. The maximum absolute atomic E-state index is 6.08. The first kappa shape index (κ1) is 19.4. The van der Waals surface area contributed by atoms with Crippen LogP contribution in [0.25, 0.3) is 0 Å². The van der Waals surface area contributed by atoms with Crippen molar-refractivity contribution in [3.8, 4) is 11.5 Å². The molecule has 0 aliphatic rings. The second-order valence-corrected chi connectivity index (χ2v) is 6.53. The van der Waals surface area contributed by atoms with Crippen LogP contribution in [0.15, 0.2) is 53.5 Å². The molecular formula is C21H26N6O. The Morgan fingerprint density at radius 3 is 2.46 bits per heavy atom. The Balaban J connectivity index is 1.64. The zero-order valence-corrected chi connectivity index (χ0v) is 16.7. The van der Waals surface area contributed by atoms with E-state index in [1.165, 1.54) is 0 Å². The fraction of sp³-hybridized carbons (Fsp3) is 0.286. The van der Waals surface area contributed by atoms with Gasteiger partial charge in [0.1, 0.15) is 17.3 Å². The van der Waals surface area contributed by atoms with Gasteiger partial charge in [0.05, 0.1) is 6.54 Å². The van der Waals surface area contributed by atoms with Gasteiger partial charge in [0.2, 0.25) is 0 Å². The van der Waals surface area contributed by atoms with Crippen LogP contribution in [-0.4, -0.2) is 27.8 Å². The van der Waals surface area contributed by atoms with Gasteiger partial charge >= 0.3 is 0 Å². The SMILES string of the molecule is CN=C(NCc1ccc(C)cc1Oc1ccccc1)NCc1nnc(C)n1C. The lowest BCUT2D eigenvalue weighted by Crippen LogP contribution is -2.37. The molecule has 1 aromatic heterocycles. The molecular weight excluding hydrogens is 352 g/mol. The molecule has 2 N–H and O–H groups in total. The van der Waals surface area contributed by atoms with Crippen molar-refractivity contribution in [3.63, 3.8) is 0 Å². The van der Waals surface area contributed by atoms with Crippen molar-refractivity contribution >= 4 is 5.96 Å². The van der Waals surface area contributed by atoms with Crippen LogP contribution in [0.4, 0.5) is 0 Å². The second-order valence-electron chi connectivity index (χ2n) is 6.53. The fourth-order valence-electron chi connectivity index (χ4n) is 2.69. The maximum Gasteiger partial charge on any atom is 0.191 e. The van der Waals surface area contributed by atoms with Crippen molar-refractivity contribution in [2.24, 2.45) is 12.0 Å². The number of nitrogens with zero attached hydrogens (tertiary/aromatic N) is 4. The predicted molar refractivity (Wildman–Crippen MR) is 110 cm³/mol. The normalized spacial score (nSPS) is 11.4. The first-order chi connectivity index (χ1) is 13.6. The Morgan fingerprint density at radius 1 is 1.04 bits per heavy atom. The summed E-state index contributed by atoms with van der Waals surface area (Å²) in [4.78, 5) is 4.28. The van der Waals surface area contributed by atoms with E-state index >= 15 is 0 Å². The van der Waals surface area contributed by atoms with Crippen LogP contribution < -0.4 is 15.4 Å². The average molecular weight is 378 g/mol. The minimum atomic E-state index is 0.540. The molecule has 1 heterocycles. The molecule has 2 aromatic carbocycles. The van der Waals surface area contributed by atoms with E-state index in [9.17, 15) is 0 Å². The number of hydrogen-bond acceptors (Lipinski definition) is 4. The number of rotatable bonds is 6. The number of para-hydroxylation sites is 1. The van der Waals surface area contributed by atoms with E-state index in [-0.39, 0.29) is 0 Å². The first-order valence-corrected chi connectivity index (χ1v) is 9.18. The molecule has 0 bridgehead atoms. The minimum Gasteiger partial charge on any atom is -0.457 e. The summed E-state index contributed by atoms with van der Waals surface area (Å²) < 4.78 is 8.03. The van der Waals surface area contributed by atoms with E-state index in [2.05, 4.69) is 44.9 Å². The van der Waals surface area contributed by atoms with Gasteiger partial charge in [0, 0.05) is 26.2 Å². The molecule has 28 heavy (non-hydrogen) atoms. The maximum atomic E-state index is 6.08. The number of aromatic nitrogens is 3. The van der Waals surface area contributed by atoms with Gasteiger partial charge in [0.15, 0.2) is 11.8 Å². The Bertz CT molecular complexity index is 949. The number of nitrogens with one attached hydrogen (secondary N) is 2. The van der Waals surface area contributed by atoms with Crippen LogP contribution in [0.5, 0.6) is 11.5 Å². The molecule has 0 aliphatic carbocycles. The van der Waals surface area contributed by atoms with Gasteiger partial charge in [-0.2, -0.15) is 0 Å². The summed E-state index contributed by atoms with van der Waals surface area (Å²) in [6.07, 6.45) is 0. The van der Waals surface area contributed by atoms with Gasteiger partial charge in [-0.25, -0.2) is 0 Å². The summed E-state index contributed by atoms with van der Waals surface area (Å²) in [7, 11) is 3.69. The van der Waals surface area contributed by atoms with Crippen molar-refractivity contribution in [2.75, 3.05) is 7.05 Å². The van der Waals surface area contributed by atoms with Crippen LogP contribution in [0.1, 0.15) is 22.8 Å². The first-order valence-electron chi connectivity index (χ1n) is 9.18. The molecule has 0 saturated heterocycles. The van der Waals surface area contributed by atoms with E-state index in [1.54, 1.807) is 7.05 Å². The summed E-state index contributed by atoms with van der Waals surface area (Å²) in [6.45, 7) is 5.10. The summed E-state index contributed by atoms with van der Waals surface area (Å²) >= 11 is 0. The summed E-state index contributed by atoms with van der Waals surface area (Å²) in [5.41, 5.74) is 2.20. The topological polar surface area (TPSA) is 76.4 Å². The third-order valence-electron chi connectivity index (χ3n) is 4.46. The average Bonchev–Trinajstić information content (AvgIpc) is 3.02. The van der Waals surface area contributed by atoms with Crippen molar-refractivity contribution in [3.05, 3.63) is 71.3 Å². The number of guanidine groups is 1. The summed E-state index contributed by atoms with van der Waals surface area (Å²) in [6, 6.07) is 16.0. The molecule has 0 atom stereocenters. The van der Waals surface area contributed by atoms with Gasteiger partial charge < -0.3 is 19.9 Å². The standard InChI is InChI=1S/C21H26N6O/c1-15-10-11-17(19(12-15)28-18-8-6-5-7-9-18)13-23-21(22-3)24-14-20-26-25-16(2)27(20)4/h5-12H,13-14H2,1-4H3,(H2,22,23,24). The van der Waals surface area contributed by atoms with E-state index in [1.807, 2.05) is 54.9 Å². The Hall–Kier alpha value is -3.35. The highest BCUT2D eigenvalue weighted by atomic mass is 16.5. The van der Waals surface area contributed by atoms with Crippen molar-refractivity contribution in [1.82, 2.24) is 25.4 Å². The summed E-state index contributed by atoms with van der Waals surface area (Å²) in [5.74, 6) is 4.06. The smallest absolute Gasteiger partial charge is 0.191 e. The molecule has 0 saturated carbocycles. The van der Waals surface area contributed by atoms with Gasteiger partial charge in [-0.3, -0.25) is 4.99 Å². The van der Waals surface area contributed by atoms with Crippen LogP contribution in [0.2, 0.25) is 0 Å². The lowest BCUT2D eigenvalue weighted by atomic mass is 10.1. The Kier molecular flexibility index (Phi) is 6.26. The fourth-order valence-corrected chi connectivity index (χ4v) is 2.69. The highest BCUT2D eigenvalue weighted by molar-refractivity contribution is 5.79. The molecule has 0 unspecified atom stereocenters. The second kappa shape index (κ2) is 9.03. The molecule has 0 spiro atoms. The molecule has 3 rings (SSSR count).